The molecule has 1 aliphatic rings. The minimum Gasteiger partial charge on any atom is -0.507 e. The zero-order chi connectivity index (χ0) is 20.4. The summed E-state index contributed by atoms with van der Waals surface area (Å²) in [4.78, 5) is 17.4. The minimum atomic E-state index is -0.564. The molecule has 0 fully saturated rings. The van der Waals surface area contributed by atoms with E-state index < -0.39 is 11.3 Å². The number of aromatic hydroxyl groups is 1. The van der Waals surface area contributed by atoms with E-state index in [1.807, 2.05) is 0 Å². The van der Waals surface area contributed by atoms with Crippen molar-refractivity contribution in [2.24, 2.45) is 5.10 Å². The third-order valence-electron chi connectivity index (χ3n) is 4.34. The molecule has 0 saturated carbocycles. The van der Waals surface area contributed by atoms with Crippen molar-refractivity contribution in [3.63, 3.8) is 0 Å². The average Bonchev–Trinajstić information content (AvgIpc) is 3.19. The number of para-hydroxylation sites is 1. The van der Waals surface area contributed by atoms with Gasteiger partial charge in [-0.3, -0.25) is 4.79 Å². The summed E-state index contributed by atoms with van der Waals surface area (Å²) in [5.41, 5.74) is 1.46. The Hall–Kier alpha value is -3.39. The standard InChI is InChI=1S/C21H16FN3O3S/c1-28-18-16(6-4-12-23-18)21-25(20(27)15-5-2-3-7-17(15)26)24-19(29-21)13-8-10-14(22)11-9-13/h2-12,21,26H,1H3. The predicted molar refractivity (Wildman–Crippen MR) is 108 cm³/mol. The highest BCUT2D eigenvalue weighted by atomic mass is 32.2. The molecule has 4 rings (SSSR count). The summed E-state index contributed by atoms with van der Waals surface area (Å²) < 4.78 is 18.7. The van der Waals surface area contributed by atoms with Crippen LogP contribution in [-0.2, 0) is 0 Å². The Morgan fingerprint density at radius 3 is 2.62 bits per heavy atom. The maximum Gasteiger partial charge on any atom is 0.279 e. The fourth-order valence-electron chi connectivity index (χ4n) is 2.93. The van der Waals surface area contributed by atoms with Gasteiger partial charge in [0.15, 0.2) is 0 Å². The van der Waals surface area contributed by atoms with Crippen molar-refractivity contribution in [3.05, 3.63) is 89.4 Å². The van der Waals surface area contributed by atoms with Crippen LogP contribution in [0.4, 0.5) is 4.39 Å². The molecule has 146 valence electrons. The van der Waals surface area contributed by atoms with Gasteiger partial charge in [0.25, 0.3) is 5.91 Å². The molecule has 0 spiro atoms. The summed E-state index contributed by atoms with van der Waals surface area (Å²) in [5, 5.41) is 15.9. The molecule has 0 saturated heterocycles. The first-order valence-electron chi connectivity index (χ1n) is 8.70. The van der Waals surface area contributed by atoms with Crippen LogP contribution >= 0.6 is 11.8 Å². The summed E-state index contributed by atoms with van der Waals surface area (Å²) in [6, 6.07) is 15.7. The highest BCUT2D eigenvalue weighted by Crippen LogP contribution is 2.44. The fourth-order valence-corrected chi connectivity index (χ4v) is 4.10. The Labute approximate surface area is 170 Å². The molecule has 0 bridgehead atoms. The second-order valence-corrected chi connectivity index (χ2v) is 7.22. The molecular formula is C21H16FN3O3S. The number of benzene rings is 2. The van der Waals surface area contributed by atoms with E-state index in [1.165, 1.54) is 48.1 Å². The molecule has 2 aromatic carbocycles. The van der Waals surface area contributed by atoms with Gasteiger partial charge in [0.05, 0.1) is 12.7 Å². The number of hydrogen-bond donors (Lipinski definition) is 1. The first kappa shape index (κ1) is 18.9. The Bertz CT molecular complexity index is 1090. The number of methoxy groups -OCH3 is 1. The quantitative estimate of drug-likeness (QED) is 0.700. The molecule has 3 aromatic rings. The number of phenolic OH excluding ortho intramolecular Hbond substituents is 1. The number of aromatic nitrogens is 1. The maximum absolute atomic E-state index is 13.3. The second-order valence-electron chi connectivity index (χ2n) is 6.15. The molecule has 1 amide bonds. The van der Waals surface area contributed by atoms with E-state index in [0.717, 1.165) is 0 Å². The van der Waals surface area contributed by atoms with E-state index in [1.54, 1.807) is 42.6 Å². The topological polar surface area (TPSA) is 75.0 Å². The molecule has 29 heavy (non-hydrogen) atoms. The molecule has 2 heterocycles. The molecule has 0 radical (unpaired) electrons. The lowest BCUT2D eigenvalue weighted by molar-refractivity contribution is 0.0744. The van der Waals surface area contributed by atoms with Crippen molar-refractivity contribution in [2.45, 2.75) is 5.37 Å². The SMILES string of the molecule is COc1ncccc1C1SC(c2ccc(F)cc2)=NN1C(=O)c1ccccc1O. The number of thioether (sulfide) groups is 1. The lowest BCUT2D eigenvalue weighted by Gasteiger charge is -2.22. The highest BCUT2D eigenvalue weighted by Gasteiger charge is 2.37. The molecule has 8 heteroatoms. The molecule has 1 unspecified atom stereocenters. The van der Waals surface area contributed by atoms with Gasteiger partial charge in [0.1, 0.15) is 22.0 Å². The summed E-state index contributed by atoms with van der Waals surface area (Å²) >= 11 is 1.32. The van der Waals surface area contributed by atoms with Gasteiger partial charge in [-0.15, -0.1) is 0 Å². The van der Waals surface area contributed by atoms with Gasteiger partial charge >= 0.3 is 0 Å². The lowest BCUT2D eigenvalue weighted by atomic mass is 10.1. The number of nitrogens with zero attached hydrogens (tertiary/aromatic N) is 3. The number of rotatable bonds is 4. The van der Waals surface area contributed by atoms with Crippen molar-refractivity contribution < 1.29 is 19.0 Å². The summed E-state index contributed by atoms with van der Waals surface area (Å²) in [6.45, 7) is 0. The van der Waals surface area contributed by atoms with Gasteiger partial charge in [-0.05, 0) is 48.5 Å². The number of phenols is 1. The number of carbonyl (C=O) groups excluding carboxylic acids is 1. The fraction of sp³-hybridized carbons (Fsp3) is 0.0952. The highest BCUT2D eigenvalue weighted by molar-refractivity contribution is 8.14. The van der Waals surface area contributed by atoms with E-state index in [4.69, 9.17) is 4.74 Å². The van der Waals surface area contributed by atoms with Gasteiger partial charge in [0.2, 0.25) is 5.88 Å². The first-order chi connectivity index (χ1) is 14.1. The molecule has 1 aliphatic heterocycles. The number of carbonyl (C=O) groups is 1. The lowest BCUT2D eigenvalue weighted by Crippen LogP contribution is -2.26. The number of pyridine rings is 1. The van der Waals surface area contributed by atoms with Crippen LogP contribution in [0.3, 0.4) is 0 Å². The Kier molecular flexibility index (Phi) is 5.18. The third-order valence-corrected chi connectivity index (χ3v) is 5.56. The number of amides is 1. The molecule has 0 aliphatic carbocycles. The molecule has 1 N–H and O–H groups in total. The van der Waals surface area contributed by atoms with Crippen LogP contribution in [0.15, 0.2) is 72.0 Å². The van der Waals surface area contributed by atoms with Crippen molar-refractivity contribution in [1.82, 2.24) is 9.99 Å². The maximum atomic E-state index is 13.3. The number of ether oxygens (including phenoxy) is 1. The van der Waals surface area contributed by atoms with E-state index in [-0.39, 0.29) is 17.1 Å². The van der Waals surface area contributed by atoms with Crippen molar-refractivity contribution in [1.29, 1.82) is 0 Å². The van der Waals surface area contributed by atoms with Crippen LogP contribution in [0.5, 0.6) is 11.6 Å². The van der Waals surface area contributed by atoms with Gasteiger partial charge in [-0.25, -0.2) is 14.4 Å². The number of hydrogen-bond acceptors (Lipinski definition) is 6. The van der Waals surface area contributed by atoms with E-state index in [2.05, 4.69) is 10.1 Å². The third kappa shape index (κ3) is 3.66. The van der Waals surface area contributed by atoms with Crippen molar-refractivity contribution >= 4 is 22.7 Å². The monoisotopic (exact) mass is 409 g/mol. The summed E-state index contributed by atoms with van der Waals surface area (Å²) in [6.07, 6.45) is 1.60. The Morgan fingerprint density at radius 1 is 1.14 bits per heavy atom. The smallest absolute Gasteiger partial charge is 0.279 e. The van der Waals surface area contributed by atoms with Gasteiger partial charge in [-0.2, -0.15) is 5.10 Å². The minimum absolute atomic E-state index is 0.130. The van der Waals surface area contributed by atoms with Crippen LogP contribution in [0, 0.1) is 5.82 Å². The van der Waals surface area contributed by atoms with E-state index >= 15 is 0 Å². The first-order valence-corrected chi connectivity index (χ1v) is 9.58. The molecular weight excluding hydrogens is 393 g/mol. The average molecular weight is 409 g/mol. The van der Waals surface area contributed by atoms with Crippen LogP contribution in [0.1, 0.15) is 26.9 Å². The normalized spacial score (nSPS) is 15.9. The van der Waals surface area contributed by atoms with Crippen LogP contribution in [-0.4, -0.2) is 33.2 Å². The predicted octanol–water partition coefficient (Wildman–Crippen LogP) is 4.18. The van der Waals surface area contributed by atoms with Gasteiger partial charge < -0.3 is 9.84 Å². The summed E-state index contributed by atoms with van der Waals surface area (Å²) in [5.74, 6) is -0.589. The largest absolute Gasteiger partial charge is 0.507 e. The Morgan fingerprint density at radius 2 is 1.90 bits per heavy atom. The van der Waals surface area contributed by atoms with Gasteiger partial charge in [-0.1, -0.05) is 23.9 Å². The van der Waals surface area contributed by atoms with E-state index in [9.17, 15) is 14.3 Å². The van der Waals surface area contributed by atoms with Crippen LogP contribution in [0.2, 0.25) is 0 Å². The molecule has 1 atom stereocenters. The van der Waals surface area contributed by atoms with Crippen molar-refractivity contribution in [2.75, 3.05) is 7.11 Å². The zero-order valence-corrected chi connectivity index (χ0v) is 16.1. The number of halogens is 1. The second kappa shape index (κ2) is 7.92. The van der Waals surface area contributed by atoms with E-state index in [0.29, 0.717) is 22.1 Å². The molecule has 1 aromatic heterocycles. The van der Waals surface area contributed by atoms with Crippen LogP contribution in [0.25, 0.3) is 0 Å². The zero-order valence-electron chi connectivity index (χ0n) is 15.3. The molecule has 6 nitrogen and oxygen atoms in total. The van der Waals surface area contributed by atoms with Gasteiger partial charge in [0, 0.05) is 17.3 Å². The van der Waals surface area contributed by atoms with Crippen molar-refractivity contribution in [3.8, 4) is 11.6 Å². The number of hydrazone groups is 1. The van der Waals surface area contributed by atoms with Crippen LogP contribution < -0.4 is 4.74 Å². The summed E-state index contributed by atoms with van der Waals surface area (Å²) in [7, 11) is 1.50. The Balaban J connectivity index is 1.78.